The summed E-state index contributed by atoms with van der Waals surface area (Å²) in [5.41, 5.74) is 0. The van der Waals surface area contributed by atoms with Gasteiger partial charge in [-0.15, -0.1) is 0 Å². The highest BCUT2D eigenvalue weighted by Gasteiger charge is 2.57. The molecule has 0 saturated carbocycles. The first-order valence-electron chi connectivity index (χ1n) is 20.5. The topological polar surface area (TPSA) is 442 Å². The predicted octanol–water partition coefficient (Wildman–Crippen LogP) is -10.9. The predicted molar refractivity (Wildman–Crippen MR) is 196 cm³/mol. The van der Waals surface area contributed by atoms with Crippen LogP contribution in [0.25, 0.3) is 0 Å². The molecule has 0 spiro atoms. The lowest BCUT2D eigenvalue weighted by Gasteiger charge is -2.50. The summed E-state index contributed by atoms with van der Waals surface area (Å²) in [6, 6.07) is 0. The Morgan fingerprint density at radius 2 is 0.922 bits per heavy atom. The standard InChI is InChI=1S/C36H62O28/c1-10-18(44)30(21(47)17(55-10)9-54-8-12(43)3-37)63-34-25(51)23(49)28(15(6-40)59-34)62-36-32(64-35-27(53)31(56-11(2)42)20(46)14(5-39)58-35)26(52)29(16(7-41)60-36)61-33-24(50)22(48)19(45)13(4-38)57-33/h10,12-41,43-53H,3-9H2,1-2H3/t10-,12+,13+,14+,15+,16+,17+,18-,19+,20+,21-,22-,23+,24+,25+,26-,27+,28+,29-,30+,31-,32+,33+,34-,35+,36+/m0/s1. The van der Waals surface area contributed by atoms with Crippen LogP contribution in [0.2, 0.25) is 0 Å². The number of carbonyl (C=O) groups excluding carboxylic acids is 1. The molecular weight excluding hydrogens is 880 g/mol. The lowest BCUT2D eigenvalue weighted by molar-refractivity contribution is -0.404. The molecule has 16 N–H and O–H groups in total. The Morgan fingerprint density at radius 1 is 0.469 bits per heavy atom. The first-order valence-corrected chi connectivity index (χ1v) is 20.5. The lowest BCUT2D eigenvalue weighted by atomic mass is 9.94. The summed E-state index contributed by atoms with van der Waals surface area (Å²) in [5.74, 6) is -0.984. The van der Waals surface area contributed by atoms with E-state index in [4.69, 9.17) is 57.2 Å². The molecule has 5 fully saturated rings. The molecule has 5 heterocycles. The van der Waals surface area contributed by atoms with E-state index in [1.165, 1.54) is 6.92 Å². The number of rotatable bonds is 18. The van der Waals surface area contributed by atoms with Gasteiger partial charge < -0.3 is 134 Å². The maximum absolute atomic E-state index is 11.9. The van der Waals surface area contributed by atoms with Crippen LogP contribution in [0.5, 0.6) is 0 Å². The molecule has 5 saturated heterocycles. The molecule has 0 aliphatic carbocycles. The van der Waals surface area contributed by atoms with E-state index in [9.17, 15) is 81.4 Å². The van der Waals surface area contributed by atoms with E-state index in [-0.39, 0.29) is 13.2 Å². The minimum atomic E-state index is -2.18. The third kappa shape index (κ3) is 11.8. The molecule has 0 aromatic heterocycles. The number of ether oxygens (including phenoxy) is 11. The summed E-state index contributed by atoms with van der Waals surface area (Å²) < 4.78 is 61.9. The van der Waals surface area contributed by atoms with Crippen molar-refractivity contribution in [1.29, 1.82) is 0 Å². The number of aliphatic hydroxyl groups is 16. The Kier molecular flexibility index (Phi) is 19.7. The van der Waals surface area contributed by atoms with Gasteiger partial charge in [0.15, 0.2) is 31.3 Å². The third-order valence-electron chi connectivity index (χ3n) is 11.5. The van der Waals surface area contributed by atoms with Crippen LogP contribution >= 0.6 is 0 Å². The minimum absolute atomic E-state index is 0.338. The summed E-state index contributed by atoms with van der Waals surface area (Å²) in [6.07, 6.45) is -46.6. The average Bonchev–Trinajstić information content (AvgIpc) is 3.27. The van der Waals surface area contributed by atoms with Crippen LogP contribution in [0, 0.1) is 0 Å². The molecule has 0 aromatic rings. The van der Waals surface area contributed by atoms with Gasteiger partial charge in [-0.1, -0.05) is 0 Å². The van der Waals surface area contributed by atoms with Gasteiger partial charge in [-0.2, -0.15) is 0 Å². The quantitative estimate of drug-likeness (QED) is 0.0567. The molecule has 5 aliphatic rings. The van der Waals surface area contributed by atoms with Crippen LogP contribution in [-0.4, -0.2) is 293 Å². The zero-order valence-corrected chi connectivity index (χ0v) is 34.5. The first kappa shape index (κ1) is 53.4. The van der Waals surface area contributed by atoms with Gasteiger partial charge in [0.25, 0.3) is 0 Å². The number of hydrogen-bond acceptors (Lipinski definition) is 28. The highest BCUT2D eigenvalue weighted by atomic mass is 16.8. The molecule has 28 nitrogen and oxygen atoms in total. The van der Waals surface area contributed by atoms with Crippen molar-refractivity contribution in [2.45, 2.75) is 173 Å². The summed E-state index contributed by atoms with van der Waals surface area (Å²) in [5, 5.41) is 169. The SMILES string of the molecule is CC(=O)O[C@@H]1[C@@H](O)[C@@H](O[C@H]2[C@@H](O[C@H]3[C@H](O)[C@@H](O)[C@H](O[C@@H]4[C@@H](O)[C@H](C)O[C@H](COC[C@H](O)CO)[C@@H]4O)O[C@@H]3CO)O[C@H](CO)[C@H](O[C@H]3O[C@H](CO)[C@@H](O)[C@H](O)[C@H]3O)[C@@H]2O)O[C@H](CO)[C@H]1O. The number of carbonyl (C=O) groups is 1. The highest BCUT2D eigenvalue weighted by molar-refractivity contribution is 5.66. The number of aliphatic hydroxyl groups excluding tert-OH is 16. The number of hydrogen-bond donors (Lipinski definition) is 16. The van der Waals surface area contributed by atoms with Crippen LogP contribution in [0.15, 0.2) is 0 Å². The van der Waals surface area contributed by atoms with Crippen molar-refractivity contribution in [1.82, 2.24) is 0 Å². The van der Waals surface area contributed by atoms with Crippen molar-refractivity contribution in [3.05, 3.63) is 0 Å². The summed E-state index contributed by atoms with van der Waals surface area (Å²) in [7, 11) is 0. The Hall–Kier alpha value is -1.57. The largest absolute Gasteiger partial charge is 0.457 e. The molecule has 0 amide bonds. The van der Waals surface area contributed by atoms with E-state index in [1.807, 2.05) is 0 Å². The summed E-state index contributed by atoms with van der Waals surface area (Å²) in [6.45, 7) is -2.78. The molecular formula is C36H62O28. The molecule has 0 radical (unpaired) electrons. The monoisotopic (exact) mass is 942 g/mol. The molecule has 374 valence electrons. The van der Waals surface area contributed by atoms with E-state index in [0.717, 1.165) is 6.92 Å². The van der Waals surface area contributed by atoms with Crippen LogP contribution in [0.1, 0.15) is 13.8 Å². The average molecular weight is 943 g/mol. The van der Waals surface area contributed by atoms with E-state index in [1.54, 1.807) is 0 Å². The van der Waals surface area contributed by atoms with Gasteiger partial charge in [-0.25, -0.2) is 0 Å². The highest BCUT2D eigenvalue weighted by Crippen LogP contribution is 2.37. The lowest BCUT2D eigenvalue weighted by Crippen LogP contribution is -2.69. The number of esters is 1. The Bertz CT molecular complexity index is 1420. The van der Waals surface area contributed by atoms with Crippen LogP contribution in [0.4, 0.5) is 0 Å². The fourth-order valence-corrected chi connectivity index (χ4v) is 7.88. The molecule has 5 rings (SSSR count). The van der Waals surface area contributed by atoms with Crippen molar-refractivity contribution in [3.63, 3.8) is 0 Å². The van der Waals surface area contributed by atoms with E-state index in [0.29, 0.717) is 0 Å². The van der Waals surface area contributed by atoms with Gasteiger partial charge in [0.1, 0.15) is 122 Å². The zero-order valence-electron chi connectivity index (χ0n) is 34.5. The van der Waals surface area contributed by atoms with E-state index < -0.39 is 198 Å². The fraction of sp³-hybridized carbons (Fsp3) is 0.972. The maximum Gasteiger partial charge on any atom is 0.303 e. The van der Waals surface area contributed by atoms with Crippen molar-refractivity contribution >= 4 is 5.97 Å². The van der Waals surface area contributed by atoms with E-state index in [2.05, 4.69) is 0 Å². The minimum Gasteiger partial charge on any atom is -0.457 e. The Labute approximate surface area is 364 Å². The van der Waals surface area contributed by atoms with Gasteiger partial charge in [0, 0.05) is 6.92 Å². The van der Waals surface area contributed by atoms with E-state index >= 15 is 0 Å². The Balaban J connectivity index is 1.40. The normalized spacial score (nSPS) is 48.4. The second-order valence-corrected chi connectivity index (χ2v) is 16.0. The molecule has 0 unspecified atom stereocenters. The zero-order chi connectivity index (χ0) is 47.3. The van der Waals surface area contributed by atoms with Crippen LogP contribution < -0.4 is 0 Å². The van der Waals surface area contributed by atoms with Crippen LogP contribution in [-0.2, 0) is 56.9 Å². The summed E-state index contributed by atoms with van der Waals surface area (Å²) >= 11 is 0. The smallest absolute Gasteiger partial charge is 0.303 e. The molecule has 28 heteroatoms. The van der Waals surface area contributed by atoms with Crippen molar-refractivity contribution in [3.8, 4) is 0 Å². The first-order chi connectivity index (χ1) is 30.3. The Morgan fingerprint density at radius 3 is 1.48 bits per heavy atom. The fourth-order valence-electron chi connectivity index (χ4n) is 7.88. The summed E-state index contributed by atoms with van der Waals surface area (Å²) in [4.78, 5) is 11.9. The second-order valence-electron chi connectivity index (χ2n) is 16.0. The van der Waals surface area contributed by atoms with Gasteiger partial charge in [-0.05, 0) is 6.92 Å². The van der Waals surface area contributed by atoms with Crippen molar-refractivity contribution < 1.29 is 139 Å². The molecule has 64 heavy (non-hydrogen) atoms. The molecule has 5 aliphatic heterocycles. The second kappa shape index (κ2) is 23.6. The van der Waals surface area contributed by atoms with Crippen molar-refractivity contribution in [2.75, 3.05) is 46.2 Å². The van der Waals surface area contributed by atoms with Gasteiger partial charge in [0.05, 0.1) is 52.4 Å². The maximum atomic E-state index is 11.9. The van der Waals surface area contributed by atoms with Crippen molar-refractivity contribution in [2.24, 2.45) is 0 Å². The molecule has 26 atom stereocenters. The van der Waals surface area contributed by atoms with Gasteiger partial charge in [-0.3, -0.25) is 4.79 Å². The molecule has 0 aromatic carbocycles. The third-order valence-corrected chi connectivity index (χ3v) is 11.5. The van der Waals surface area contributed by atoms with Crippen LogP contribution in [0.3, 0.4) is 0 Å². The molecule has 0 bridgehead atoms. The van der Waals surface area contributed by atoms with Gasteiger partial charge in [0.2, 0.25) is 0 Å². The van der Waals surface area contributed by atoms with Gasteiger partial charge >= 0.3 is 5.97 Å².